The first-order chi connectivity index (χ1) is 16.4. The summed E-state index contributed by atoms with van der Waals surface area (Å²) in [5.74, 6) is 0.905. The van der Waals surface area contributed by atoms with Gasteiger partial charge in [0, 0.05) is 5.56 Å². The van der Waals surface area contributed by atoms with E-state index < -0.39 is 22.5 Å². The van der Waals surface area contributed by atoms with Crippen LogP contribution in [0.15, 0.2) is 30.3 Å². The van der Waals surface area contributed by atoms with E-state index in [-0.39, 0.29) is 11.1 Å². The lowest BCUT2D eigenvalue weighted by Crippen LogP contribution is -2.18. The average Bonchev–Trinajstić information content (AvgIpc) is 2.85. The first-order valence-electron chi connectivity index (χ1n) is 13.4. The third-order valence-corrected chi connectivity index (χ3v) is 8.88. The van der Waals surface area contributed by atoms with Crippen molar-refractivity contribution in [1.82, 2.24) is 0 Å². The van der Waals surface area contributed by atoms with Crippen LogP contribution in [0, 0.1) is 35.2 Å². The minimum absolute atomic E-state index is 0.173. The van der Waals surface area contributed by atoms with Crippen LogP contribution in [0.1, 0.15) is 102 Å². The van der Waals surface area contributed by atoms with Crippen LogP contribution in [0.25, 0.3) is 11.1 Å². The van der Waals surface area contributed by atoms with Crippen molar-refractivity contribution in [3.8, 4) is 11.1 Å². The molecule has 0 atom stereocenters. The Kier molecular flexibility index (Phi) is 9.02. The van der Waals surface area contributed by atoms with Crippen molar-refractivity contribution < 1.29 is 13.2 Å². The fraction of sp³-hybridized carbons (Fsp3) is 0.600. The van der Waals surface area contributed by atoms with Crippen LogP contribution >= 0.6 is 11.6 Å². The highest BCUT2D eigenvalue weighted by Crippen LogP contribution is 2.41. The Balaban J connectivity index is 1.26. The molecule has 0 unspecified atom stereocenters. The maximum Gasteiger partial charge on any atom is 0.145 e. The predicted octanol–water partition coefficient (Wildman–Crippen LogP) is 10.5. The van der Waals surface area contributed by atoms with Crippen molar-refractivity contribution in [2.45, 2.75) is 96.3 Å². The summed E-state index contributed by atoms with van der Waals surface area (Å²) in [5.41, 5.74) is 1.38. The molecule has 2 aromatic rings. The summed E-state index contributed by atoms with van der Waals surface area (Å²) in [6.45, 7) is 2.29. The molecule has 0 N–H and O–H groups in total. The zero-order valence-electron chi connectivity index (χ0n) is 20.4. The van der Waals surface area contributed by atoms with Crippen LogP contribution < -0.4 is 0 Å². The van der Waals surface area contributed by atoms with E-state index in [0.717, 1.165) is 48.3 Å². The summed E-state index contributed by atoms with van der Waals surface area (Å²) in [6, 6.07) is 7.31. The van der Waals surface area contributed by atoms with E-state index in [1.807, 2.05) is 6.07 Å². The molecule has 2 fully saturated rings. The van der Waals surface area contributed by atoms with Gasteiger partial charge in [-0.05, 0) is 78.7 Å². The molecule has 0 spiro atoms. The Hall–Kier alpha value is -1.48. The maximum absolute atomic E-state index is 14.9. The third kappa shape index (κ3) is 6.39. The molecule has 4 rings (SSSR count). The van der Waals surface area contributed by atoms with Crippen molar-refractivity contribution in [2.75, 3.05) is 0 Å². The van der Waals surface area contributed by atoms with E-state index in [4.69, 9.17) is 11.6 Å². The monoisotopic (exact) mass is 490 g/mol. The number of hydrogen-bond acceptors (Lipinski definition) is 0. The molecule has 0 saturated heterocycles. The minimum Gasteiger partial charge on any atom is -0.206 e. The van der Waals surface area contributed by atoms with Gasteiger partial charge in [-0.25, -0.2) is 13.2 Å². The predicted molar refractivity (Wildman–Crippen MR) is 136 cm³/mol. The molecule has 2 saturated carbocycles. The van der Waals surface area contributed by atoms with Crippen LogP contribution in [0.4, 0.5) is 13.2 Å². The second kappa shape index (κ2) is 12.0. The van der Waals surface area contributed by atoms with Gasteiger partial charge in [0.1, 0.15) is 22.5 Å². The van der Waals surface area contributed by atoms with Crippen LogP contribution in [0.5, 0.6) is 0 Å². The molecule has 0 bridgehead atoms. The molecule has 186 valence electrons. The zero-order chi connectivity index (χ0) is 24.1. The highest BCUT2D eigenvalue weighted by atomic mass is 35.5. The Morgan fingerprint density at radius 1 is 0.706 bits per heavy atom. The van der Waals surface area contributed by atoms with Gasteiger partial charge in [-0.2, -0.15) is 0 Å². The minimum atomic E-state index is -0.872. The molecule has 2 aliphatic carbocycles. The van der Waals surface area contributed by atoms with Crippen molar-refractivity contribution in [1.29, 1.82) is 0 Å². The highest BCUT2D eigenvalue weighted by molar-refractivity contribution is 6.31. The van der Waals surface area contributed by atoms with Crippen LogP contribution in [-0.4, -0.2) is 0 Å². The zero-order valence-corrected chi connectivity index (χ0v) is 21.2. The van der Waals surface area contributed by atoms with Gasteiger partial charge in [0.25, 0.3) is 0 Å². The summed E-state index contributed by atoms with van der Waals surface area (Å²) in [4.78, 5) is 0. The maximum atomic E-state index is 14.9. The SMILES string of the molecule is CCCC[C@H]1CC[C@H](CC[C@H]2CC[C@H](c3ccc(-c4cc(F)c(Cl)c(F)c4)c(F)c3)CC2)CC1. The molecular weight excluding hydrogens is 453 g/mol. The lowest BCUT2D eigenvalue weighted by atomic mass is 9.74. The Labute approximate surface area is 208 Å². The van der Waals surface area contributed by atoms with Crippen LogP contribution in [0.3, 0.4) is 0 Å². The molecule has 0 aliphatic heterocycles. The summed E-state index contributed by atoms with van der Waals surface area (Å²) in [5, 5.41) is -0.558. The standard InChI is InChI=1S/C30H38ClF3/c1-2-3-4-20-5-7-21(8-6-20)9-10-22-11-13-23(14-12-22)24-15-16-26(27(32)17-24)25-18-28(33)30(31)29(34)19-25/h15-23H,2-14H2,1H3/t20-,21-,22-,23-. The van der Waals surface area contributed by atoms with Crippen LogP contribution in [-0.2, 0) is 0 Å². The van der Waals surface area contributed by atoms with Gasteiger partial charge in [0.2, 0.25) is 0 Å². The van der Waals surface area contributed by atoms with E-state index in [1.165, 1.54) is 70.6 Å². The van der Waals surface area contributed by atoms with E-state index in [1.54, 1.807) is 12.1 Å². The Bertz CT molecular complexity index is 917. The van der Waals surface area contributed by atoms with E-state index in [2.05, 4.69) is 6.92 Å². The second-order valence-electron chi connectivity index (χ2n) is 10.8. The third-order valence-electron chi connectivity index (χ3n) is 8.52. The first kappa shape index (κ1) is 25.6. The molecule has 2 aromatic carbocycles. The van der Waals surface area contributed by atoms with Crippen molar-refractivity contribution >= 4 is 11.6 Å². The molecule has 34 heavy (non-hydrogen) atoms. The number of hydrogen-bond donors (Lipinski definition) is 0. The molecule has 0 aromatic heterocycles. The lowest BCUT2D eigenvalue weighted by molar-refractivity contribution is 0.222. The molecule has 2 aliphatic rings. The van der Waals surface area contributed by atoms with Gasteiger partial charge in [-0.1, -0.05) is 88.4 Å². The fourth-order valence-electron chi connectivity index (χ4n) is 6.29. The number of unbranched alkanes of at least 4 members (excludes halogenated alkanes) is 1. The van der Waals surface area contributed by atoms with Gasteiger partial charge >= 0.3 is 0 Å². The Morgan fingerprint density at radius 2 is 1.24 bits per heavy atom. The molecule has 0 heterocycles. The van der Waals surface area contributed by atoms with E-state index >= 15 is 0 Å². The van der Waals surface area contributed by atoms with E-state index in [9.17, 15) is 13.2 Å². The van der Waals surface area contributed by atoms with Crippen molar-refractivity contribution in [2.24, 2.45) is 17.8 Å². The number of rotatable bonds is 8. The topological polar surface area (TPSA) is 0 Å². The largest absolute Gasteiger partial charge is 0.206 e. The average molecular weight is 491 g/mol. The molecular formula is C30H38ClF3. The Morgan fingerprint density at radius 3 is 1.76 bits per heavy atom. The van der Waals surface area contributed by atoms with Gasteiger partial charge < -0.3 is 0 Å². The summed E-state index contributed by atoms with van der Waals surface area (Å²) in [7, 11) is 0. The van der Waals surface area contributed by atoms with Gasteiger partial charge in [-0.15, -0.1) is 0 Å². The van der Waals surface area contributed by atoms with E-state index in [0.29, 0.717) is 5.92 Å². The van der Waals surface area contributed by atoms with Gasteiger partial charge in [0.05, 0.1) is 0 Å². The van der Waals surface area contributed by atoms with Gasteiger partial charge in [0.15, 0.2) is 0 Å². The number of benzene rings is 2. The molecule has 0 amide bonds. The first-order valence-corrected chi connectivity index (χ1v) is 13.8. The van der Waals surface area contributed by atoms with Crippen molar-refractivity contribution in [3.05, 3.63) is 58.4 Å². The van der Waals surface area contributed by atoms with Crippen molar-refractivity contribution in [3.63, 3.8) is 0 Å². The second-order valence-corrected chi connectivity index (χ2v) is 11.2. The highest BCUT2D eigenvalue weighted by Gasteiger charge is 2.26. The number of halogens is 4. The summed E-state index contributed by atoms with van der Waals surface area (Å²) < 4.78 is 42.5. The summed E-state index contributed by atoms with van der Waals surface area (Å²) >= 11 is 5.56. The quantitative estimate of drug-likeness (QED) is 0.323. The fourth-order valence-corrected chi connectivity index (χ4v) is 6.40. The molecule has 4 heteroatoms. The van der Waals surface area contributed by atoms with Gasteiger partial charge in [-0.3, -0.25) is 0 Å². The van der Waals surface area contributed by atoms with Crippen LogP contribution in [0.2, 0.25) is 5.02 Å². The summed E-state index contributed by atoms with van der Waals surface area (Å²) in [6.07, 6.45) is 17.2. The molecule has 0 nitrogen and oxygen atoms in total. The normalized spacial score (nSPS) is 25.4. The smallest absolute Gasteiger partial charge is 0.145 e. The molecule has 0 radical (unpaired) electrons. The lowest BCUT2D eigenvalue weighted by Gasteiger charge is -2.32.